The van der Waals surface area contributed by atoms with Crippen molar-refractivity contribution in [1.29, 1.82) is 0 Å². The number of rotatable bonds is 5. The van der Waals surface area contributed by atoms with E-state index in [1.807, 2.05) is 24.3 Å². The molecule has 5 atom stereocenters. The molecule has 1 aliphatic rings. The lowest BCUT2D eigenvalue weighted by atomic mass is 9.80. The minimum Gasteiger partial charge on any atom is -0.313 e. The molecule has 1 aromatic rings. The fraction of sp³-hybridized carbons (Fsp3) is 0.647. The number of benzene rings is 1. The third-order valence-electron chi connectivity index (χ3n) is 4.32. The summed E-state index contributed by atoms with van der Waals surface area (Å²) in [5, 5.41) is 4.46. The largest absolute Gasteiger partial charge is 0.313 e. The summed E-state index contributed by atoms with van der Waals surface area (Å²) in [7, 11) is -1.01. The summed E-state index contributed by atoms with van der Waals surface area (Å²) >= 11 is 6.06. The van der Waals surface area contributed by atoms with Gasteiger partial charge in [0.2, 0.25) is 0 Å². The lowest BCUT2D eigenvalue weighted by molar-refractivity contribution is 0.246. The molecule has 118 valence electrons. The predicted molar refractivity (Wildman–Crippen MR) is 91.3 cm³/mol. The normalized spacial score (nSPS) is 31.0. The van der Waals surface area contributed by atoms with Gasteiger partial charge in [0.15, 0.2) is 0 Å². The van der Waals surface area contributed by atoms with Crippen molar-refractivity contribution in [3.8, 4) is 0 Å². The van der Waals surface area contributed by atoms with Crippen LogP contribution >= 0.6 is 11.6 Å². The van der Waals surface area contributed by atoms with Crippen molar-refractivity contribution in [2.45, 2.75) is 56.2 Å². The first kappa shape index (κ1) is 17.0. The predicted octanol–water partition coefficient (Wildman–Crippen LogP) is 4.25. The molecule has 0 radical (unpaired) electrons. The topological polar surface area (TPSA) is 29.1 Å². The van der Waals surface area contributed by atoms with E-state index in [0.29, 0.717) is 22.9 Å². The first-order valence-electron chi connectivity index (χ1n) is 7.92. The van der Waals surface area contributed by atoms with Crippen molar-refractivity contribution in [2.24, 2.45) is 11.8 Å². The zero-order chi connectivity index (χ0) is 15.4. The molecule has 0 spiro atoms. The van der Waals surface area contributed by atoms with Gasteiger partial charge in [-0.2, -0.15) is 0 Å². The molecule has 1 fully saturated rings. The summed E-state index contributed by atoms with van der Waals surface area (Å²) in [5.41, 5.74) is 0. The van der Waals surface area contributed by atoms with Gasteiger partial charge in [0.1, 0.15) is 0 Å². The Bertz CT molecular complexity index is 493. The molecule has 0 saturated heterocycles. The van der Waals surface area contributed by atoms with E-state index >= 15 is 0 Å². The maximum atomic E-state index is 13.1. The minimum atomic E-state index is -1.01. The smallest absolute Gasteiger partial charge is 0.0579 e. The van der Waals surface area contributed by atoms with Gasteiger partial charge in [-0.3, -0.25) is 4.21 Å². The summed E-state index contributed by atoms with van der Waals surface area (Å²) in [5.74, 6) is 1.16. The quantitative estimate of drug-likeness (QED) is 0.876. The summed E-state index contributed by atoms with van der Waals surface area (Å²) < 4.78 is 13.1. The Balaban J connectivity index is 2.21. The van der Waals surface area contributed by atoms with Crippen LogP contribution in [0, 0.1) is 11.8 Å². The maximum absolute atomic E-state index is 13.1. The van der Waals surface area contributed by atoms with Gasteiger partial charge in [-0.25, -0.2) is 0 Å². The van der Waals surface area contributed by atoms with Gasteiger partial charge in [-0.1, -0.05) is 38.4 Å². The zero-order valence-corrected chi connectivity index (χ0v) is 14.7. The van der Waals surface area contributed by atoms with Gasteiger partial charge in [0.05, 0.1) is 16.0 Å². The molecule has 1 aliphatic carbocycles. The van der Waals surface area contributed by atoms with Crippen molar-refractivity contribution in [3.63, 3.8) is 0 Å². The van der Waals surface area contributed by atoms with Crippen LogP contribution in [0.3, 0.4) is 0 Å². The molecule has 1 saturated carbocycles. The summed E-state index contributed by atoms with van der Waals surface area (Å²) in [6.07, 6.45) is 3.37. The molecule has 1 N–H and O–H groups in total. The van der Waals surface area contributed by atoms with Gasteiger partial charge in [-0.15, -0.1) is 0 Å². The highest BCUT2D eigenvalue weighted by Gasteiger charge is 2.38. The van der Waals surface area contributed by atoms with E-state index in [1.165, 1.54) is 0 Å². The highest BCUT2D eigenvalue weighted by atomic mass is 35.5. The van der Waals surface area contributed by atoms with Gasteiger partial charge in [0, 0.05) is 16.0 Å². The highest BCUT2D eigenvalue weighted by molar-refractivity contribution is 7.85. The van der Waals surface area contributed by atoms with Crippen LogP contribution in [0.15, 0.2) is 29.2 Å². The Morgan fingerprint density at radius 3 is 2.76 bits per heavy atom. The Morgan fingerprint density at radius 1 is 1.33 bits per heavy atom. The molecule has 2 rings (SSSR count). The Hall–Kier alpha value is -0.380. The van der Waals surface area contributed by atoms with Crippen LogP contribution in [0.1, 0.15) is 40.0 Å². The van der Waals surface area contributed by atoms with Crippen molar-refractivity contribution in [2.75, 3.05) is 6.54 Å². The first-order valence-corrected chi connectivity index (χ1v) is 9.51. The second-order valence-electron chi connectivity index (χ2n) is 6.33. The Labute approximate surface area is 136 Å². The van der Waals surface area contributed by atoms with E-state index in [4.69, 9.17) is 11.6 Å². The van der Waals surface area contributed by atoms with Crippen LogP contribution in [0.2, 0.25) is 5.02 Å². The van der Waals surface area contributed by atoms with Crippen LogP contribution in [0.4, 0.5) is 0 Å². The van der Waals surface area contributed by atoms with Crippen LogP contribution in [-0.2, 0) is 10.8 Å². The van der Waals surface area contributed by atoms with Gasteiger partial charge in [-0.05, 0) is 55.8 Å². The summed E-state index contributed by atoms with van der Waals surface area (Å²) in [6.45, 7) is 7.71. The van der Waals surface area contributed by atoms with E-state index in [-0.39, 0.29) is 5.25 Å². The molecule has 21 heavy (non-hydrogen) atoms. The van der Waals surface area contributed by atoms with Crippen molar-refractivity contribution in [3.05, 3.63) is 29.3 Å². The lowest BCUT2D eigenvalue weighted by Gasteiger charge is -2.39. The molecule has 0 amide bonds. The molecule has 0 aromatic heterocycles. The zero-order valence-electron chi connectivity index (χ0n) is 13.1. The Kier molecular flexibility index (Phi) is 6.27. The third kappa shape index (κ3) is 4.30. The average molecular weight is 328 g/mol. The molecule has 1 aromatic carbocycles. The standard InChI is InChI=1S/C17H26ClNOS/c1-4-8-19-16-10-12(2)9-13(3)17(16)21(20)15-7-5-6-14(18)11-15/h5-7,11-13,16-17,19H,4,8-10H2,1-3H3. The van der Waals surface area contributed by atoms with E-state index in [0.717, 1.165) is 30.7 Å². The molecule has 0 heterocycles. The molecule has 0 aliphatic heterocycles. The van der Waals surface area contributed by atoms with Crippen LogP contribution in [0.25, 0.3) is 0 Å². The van der Waals surface area contributed by atoms with Crippen molar-refractivity contribution in [1.82, 2.24) is 5.32 Å². The maximum Gasteiger partial charge on any atom is 0.0579 e. The first-order chi connectivity index (χ1) is 10.0. The summed E-state index contributed by atoms with van der Waals surface area (Å²) in [4.78, 5) is 0.859. The van der Waals surface area contributed by atoms with Crippen LogP contribution in [-0.4, -0.2) is 22.0 Å². The van der Waals surface area contributed by atoms with Crippen molar-refractivity contribution >= 4 is 22.4 Å². The Morgan fingerprint density at radius 2 is 2.10 bits per heavy atom. The third-order valence-corrected chi connectivity index (χ3v) is 6.56. The fourth-order valence-corrected chi connectivity index (χ4v) is 5.53. The molecular formula is C17H26ClNOS. The van der Waals surface area contributed by atoms with Crippen LogP contribution in [0.5, 0.6) is 0 Å². The molecule has 4 heteroatoms. The van der Waals surface area contributed by atoms with Gasteiger partial charge in [0.25, 0.3) is 0 Å². The second-order valence-corrected chi connectivity index (χ2v) is 8.38. The van der Waals surface area contributed by atoms with Gasteiger partial charge >= 0.3 is 0 Å². The monoisotopic (exact) mass is 327 g/mol. The highest BCUT2D eigenvalue weighted by Crippen LogP contribution is 2.34. The number of hydrogen-bond acceptors (Lipinski definition) is 2. The number of halogens is 1. The molecule has 0 bridgehead atoms. The average Bonchev–Trinajstić information content (AvgIpc) is 2.44. The van der Waals surface area contributed by atoms with E-state index in [9.17, 15) is 4.21 Å². The van der Waals surface area contributed by atoms with E-state index < -0.39 is 10.8 Å². The number of nitrogens with one attached hydrogen (secondary N) is 1. The van der Waals surface area contributed by atoms with E-state index in [2.05, 4.69) is 26.1 Å². The lowest BCUT2D eigenvalue weighted by Crippen LogP contribution is -2.50. The van der Waals surface area contributed by atoms with Crippen molar-refractivity contribution < 1.29 is 4.21 Å². The van der Waals surface area contributed by atoms with Crippen LogP contribution < -0.4 is 5.32 Å². The molecular weight excluding hydrogens is 302 g/mol. The van der Waals surface area contributed by atoms with E-state index in [1.54, 1.807) is 0 Å². The number of hydrogen-bond donors (Lipinski definition) is 1. The summed E-state index contributed by atoms with van der Waals surface area (Å²) in [6, 6.07) is 7.84. The molecule has 2 nitrogen and oxygen atoms in total. The minimum absolute atomic E-state index is 0.172. The second kappa shape index (κ2) is 7.75. The van der Waals surface area contributed by atoms with Gasteiger partial charge < -0.3 is 5.32 Å². The SMILES string of the molecule is CCCNC1CC(C)CC(C)C1S(=O)c1cccc(Cl)c1. The fourth-order valence-electron chi connectivity index (χ4n) is 3.47. The molecule has 5 unspecified atom stereocenters.